The lowest BCUT2D eigenvalue weighted by Gasteiger charge is -2.12. The summed E-state index contributed by atoms with van der Waals surface area (Å²) in [6.07, 6.45) is 1.46. The topological polar surface area (TPSA) is 35.5 Å². The van der Waals surface area contributed by atoms with Crippen LogP contribution in [0.1, 0.15) is 23.7 Å². The van der Waals surface area contributed by atoms with Crippen molar-refractivity contribution in [3.05, 3.63) is 53.8 Å². The lowest BCUT2D eigenvalue weighted by atomic mass is 10.2. The van der Waals surface area contributed by atoms with E-state index in [1.165, 1.54) is 12.1 Å². The number of ether oxygens (including phenoxy) is 2. The van der Waals surface area contributed by atoms with Crippen LogP contribution in [0.25, 0.3) is 0 Å². The number of hydrogen-bond donors (Lipinski definition) is 0. The molecule has 0 atom stereocenters. The average molecular weight is 274 g/mol. The van der Waals surface area contributed by atoms with Crippen molar-refractivity contribution >= 4 is 6.29 Å². The van der Waals surface area contributed by atoms with Crippen LogP contribution in [0.2, 0.25) is 0 Å². The highest BCUT2D eigenvalue weighted by atomic mass is 19.1. The second-order valence-corrected chi connectivity index (χ2v) is 4.20. The van der Waals surface area contributed by atoms with Crippen LogP contribution in [0, 0.1) is 5.82 Å². The van der Waals surface area contributed by atoms with E-state index < -0.39 is 5.82 Å². The summed E-state index contributed by atoms with van der Waals surface area (Å²) in [5.74, 6) is 0.481. The zero-order valence-corrected chi connectivity index (χ0v) is 11.1. The third-order valence-electron chi connectivity index (χ3n) is 2.62. The van der Waals surface area contributed by atoms with Gasteiger partial charge in [0.15, 0.2) is 23.1 Å². The SMILES string of the molecule is CCCOc1ccccc1Oc1ccc(C=O)cc1F. The lowest BCUT2D eigenvalue weighted by molar-refractivity contribution is 0.112. The number of aldehydes is 1. The van der Waals surface area contributed by atoms with Gasteiger partial charge in [-0.05, 0) is 36.8 Å². The number of benzene rings is 2. The molecule has 0 saturated carbocycles. The van der Waals surface area contributed by atoms with E-state index in [9.17, 15) is 9.18 Å². The van der Waals surface area contributed by atoms with Crippen molar-refractivity contribution in [3.63, 3.8) is 0 Å². The fraction of sp³-hybridized carbons (Fsp3) is 0.188. The molecule has 0 amide bonds. The first-order valence-electron chi connectivity index (χ1n) is 6.39. The van der Waals surface area contributed by atoms with E-state index in [4.69, 9.17) is 9.47 Å². The summed E-state index contributed by atoms with van der Waals surface area (Å²) in [7, 11) is 0. The van der Waals surface area contributed by atoms with E-state index in [0.29, 0.717) is 24.4 Å². The summed E-state index contributed by atoms with van der Waals surface area (Å²) in [5.41, 5.74) is 0.269. The van der Waals surface area contributed by atoms with E-state index >= 15 is 0 Å². The molecular formula is C16H15FO3. The Balaban J connectivity index is 2.23. The van der Waals surface area contributed by atoms with Crippen molar-refractivity contribution in [2.75, 3.05) is 6.61 Å². The minimum atomic E-state index is -0.583. The number of hydrogen-bond acceptors (Lipinski definition) is 3. The van der Waals surface area contributed by atoms with Gasteiger partial charge in [0, 0.05) is 5.56 Å². The Morgan fingerprint density at radius 3 is 2.50 bits per heavy atom. The van der Waals surface area contributed by atoms with Gasteiger partial charge in [0.05, 0.1) is 6.61 Å². The molecule has 0 unspecified atom stereocenters. The van der Waals surface area contributed by atoms with Crippen molar-refractivity contribution in [1.29, 1.82) is 0 Å². The van der Waals surface area contributed by atoms with Crippen molar-refractivity contribution in [1.82, 2.24) is 0 Å². The largest absolute Gasteiger partial charge is 0.490 e. The average Bonchev–Trinajstić information content (AvgIpc) is 2.48. The Kier molecular flexibility index (Phi) is 4.71. The van der Waals surface area contributed by atoms with Gasteiger partial charge in [-0.2, -0.15) is 0 Å². The molecule has 20 heavy (non-hydrogen) atoms. The van der Waals surface area contributed by atoms with Crippen LogP contribution < -0.4 is 9.47 Å². The Hall–Kier alpha value is -2.36. The number of halogens is 1. The van der Waals surface area contributed by atoms with Crippen LogP contribution in [0.15, 0.2) is 42.5 Å². The number of rotatable bonds is 6. The van der Waals surface area contributed by atoms with Crippen LogP contribution in [-0.4, -0.2) is 12.9 Å². The number of carbonyl (C=O) groups excluding carboxylic acids is 1. The van der Waals surface area contributed by atoms with E-state index in [1.54, 1.807) is 18.2 Å². The maximum absolute atomic E-state index is 13.8. The molecule has 0 spiro atoms. The molecule has 2 aromatic rings. The molecule has 0 fully saturated rings. The molecular weight excluding hydrogens is 259 g/mol. The normalized spacial score (nSPS) is 10.1. The number of carbonyl (C=O) groups is 1. The first kappa shape index (κ1) is 14.1. The molecule has 2 aromatic carbocycles. The van der Waals surface area contributed by atoms with Gasteiger partial charge < -0.3 is 9.47 Å². The minimum Gasteiger partial charge on any atom is -0.490 e. The summed E-state index contributed by atoms with van der Waals surface area (Å²) in [6, 6.07) is 11.1. The van der Waals surface area contributed by atoms with Crippen molar-refractivity contribution in [2.45, 2.75) is 13.3 Å². The summed E-state index contributed by atoms with van der Waals surface area (Å²) >= 11 is 0. The fourth-order valence-corrected chi connectivity index (χ4v) is 1.66. The first-order valence-corrected chi connectivity index (χ1v) is 6.39. The number of para-hydroxylation sites is 2. The van der Waals surface area contributed by atoms with Gasteiger partial charge in [0.25, 0.3) is 0 Å². The highest BCUT2D eigenvalue weighted by Gasteiger charge is 2.09. The molecule has 0 aliphatic rings. The zero-order valence-electron chi connectivity index (χ0n) is 11.1. The molecule has 0 aliphatic carbocycles. The van der Waals surface area contributed by atoms with E-state index in [0.717, 1.165) is 12.5 Å². The zero-order chi connectivity index (χ0) is 14.4. The van der Waals surface area contributed by atoms with Gasteiger partial charge >= 0.3 is 0 Å². The first-order chi connectivity index (χ1) is 9.74. The molecule has 104 valence electrons. The Bertz CT molecular complexity index is 596. The molecule has 0 saturated heterocycles. The molecule has 0 aliphatic heterocycles. The smallest absolute Gasteiger partial charge is 0.169 e. The Morgan fingerprint density at radius 2 is 1.85 bits per heavy atom. The van der Waals surface area contributed by atoms with Crippen LogP contribution in [0.3, 0.4) is 0 Å². The summed E-state index contributed by atoms with van der Waals surface area (Å²) < 4.78 is 24.8. The van der Waals surface area contributed by atoms with Crippen molar-refractivity contribution in [3.8, 4) is 17.2 Å². The highest BCUT2D eigenvalue weighted by molar-refractivity contribution is 5.75. The molecule has 2 rings (SSSR count). The standard InChI is InChI=1S/C16H15FO3/c1-2-9-19-15-5-3-4-6-16(15)20-14-8-7-12(11-18)10-13(14)17/h3-8,10-11H,2,9H2,1H3. The van der Waals surface area contributed by atoms with Crippen LogP contribution in [0.5, 0.6) is 17.2 Å². The maximum atomic E-state index is 13.8. The maximum Gasteiger partial charge on any atom is 0.169 e. The quantitative estimate of drug-likeness (QED) is 0.740. The van der Waals surface area contributed by atoms with E-state index in [1.807, 2.05) is 13.0 Å². The summed E-state index contributed by atoms with van der Waals surface area (Å²) in [4.78, 5) is 10.6. The molecule has 0 bridgehead atoms. The molecule has 3 nitrogen and oxygen atoms in total. The predicted octanol–water partition coefficient (Wildman–Crippen LogP) is 4.22. The fourth-order valence-electron chi connectivity index (χ4n) is 1.66. The highest BCUT2D eigenvalue weighted by Crippen LogP contribution is 2.32. The van der Waals surface area contributed by atoms with Gasteiger partial charge in [-0.3, -0.25) is 4.79 Å². The molecule has 0 N–H and O–H groups in total. The van der Waals surface area contributed by atoms with Crippen LogP contribution >= 0.6 is 0 Å². The molecule has 0 heterocycles. The third-order valence-corrected chi connectivity index (χ3v) is 2.62. The summed E-state index contributed by atoms with van der Waals surface area (Å²) in [6.45, 7) is 2.56. The second-order valence-electron chi connectivity index (χ2n) is 4.20. The monoisotopic (exact) mass is 274 g/mol. The van der Waals surface area contributed by atoms with Gasteiger partial charge in [-0.25, -0.2) is 4.39 Å². The Morgan fingerprint density at radius 1 is 1.10 bits per heavy atom. The van der Waals surface area contributed by atoms with Crippen molar-refractivity contribution < 1.29 is 18.7 Å². The van der Waals surface area contributed by atoms with Gasteiger partial charge in [0.1, 0.15) is 6.29 Å². The van der Waals surface area contributed by atoms with E-state index in [2.05, 4.69) is 0 Å². The lowest BCUT2D eigenvalue weighted by Crippen LogP contribution is -1.98. The van der Waals surface area contributed by atoms with Gasteiger partial charge in [-0.1, -0.05) is 19.1 Å². The minimum absolute atomic E-state index is 0.0585. The van der Waals surface area contributed by atoms with Gasteiger partial charge in [-0.15, -0.1) is 0 Å². The second kappa shape index (κ2) is 6.70. The van der Waals surface area contributed by atoms with Crippen molar-refractivity contribution in [2.24, 2.45) is 0 Å². The van der Waals surface area contributed by atoms with Gasteiger partial charge in [0.2, 0.25) is 0 Å². The third kappa shape index (κ3) is 3.35. The van der Waals surface area contributed by atoms with Crippen LogP contribution in [-0.2, 0) is 0 Å². The molecule has 0 radical (unpaired) electrons. The van der Waals surface area contributed by atoms with E-state index in [-0.39, 0.29) is 11.3 Å². The predicted molar refractivity (Wildman–Crippen MR) is 74.1 cm³/mol. The van der Waals surface area contributed by atoms with Crippen LogP contribution in [0.4, 0.5) is 4.39 Å². The molecule has 0 aromatic heterocycles. The Labute approximate surface area is 117 Å². The molecule has 4 heteroatoms. The summed E-state index contributed by atoms with van der Waals surface area (Å²) in [5, 5.41) is 0.